The van der Waals surface area contributed by atoms with E-state index >= 15 is 0 Å². The van der Waals surface area contributed by atoms with Crippen molar-refractivity contribution in [2.75, 3.05) is 18.4 Å². The number of hydrogen-bond donors (Lipinski definition) is 2. The van der Waals surface area contributed by atoms with Crippen molar-refractivity contribution in [3.8, 4) is 11.8 Å². The number of alkyl halides is 3. The summed E-state index contributed by atoms with van der Waals surface area (Å²) in [5.41, 5.74) is 1.90. The second-order valence-electron chi connectivity index (χ2n) is 5.37. The highest BCUT2D eigenvalue weighted by Gasteiger charge is 2.27. The molecule has 0 aliphatic heterocycles. The summed E-state index contributed by atoms with van der Waals surface area (Å²) in [6.07, 6.45) is -4.44. The number of nitrogens with zero attached hydrogens (tertiary/aromatic N) is 1. The van der Waals surface area contributed by atoms with Crippen LogP contribution in [0.4, 0.5) is 18.9 Å². The molecule has 2 aromatic carbocycles. The van der Waals surface area contributed by atoms with Crippen LogP contribution in [0.25, 0.3) is 0 Å². The highest BCUT2D eigenvalue weighted by Crippen LogP contribution is 2.19. The maximum absolute atomic E-state index is 12.0. The van der Waals surface area contributed by atoms with Crippen molar-refractivity contribution in [1.82, 2.24) is 5.32 Å². The topological polar surface area (TPSA) is 74.1 Å². The lowest BCUT2D eigenvalue weighted by Crippen LogP contribution is -2.37. The molecule has 2 aromatic rings. The molecule has 0 aliphatic rings. The highest BCUT2D eigenvalue weighted by atomic mass is 19.4. The first-order chi connectivity index (χ1) is 12.4. The van der Waals surface area contributed by atoms with Crippen LogP contribution in [0.5, 0.6) is 5.75 Å². The molecule has 0 aliphatic carbocycles. The first-order valence-electron chi connectivity index (χ1n) is 7.65. The van der Waals surface area contributed by atoms with E-state index in [0.717, 1.165) is 5.56 Å². The van der Waals surface area contributed by atoms with E-state index in [-0.39, 0.29) is 13.2 Å². The summed E-state index contributed by atoms with van der Waals surface area (Å²) >= 11 is 0. The quantitative estimate of drug-likeness (QED) is 0.792. The van der Waals surface area contributed by atoms with Crippen molar-refractivity contribution in [1.29, 1.82) is 5.26 Å². The molecule has 0 aromatic heterocycles. The van der Waals surface area contributed by atoms with E-state index in [2.05, 4.69) is 5.32 Å². The zero-order chi connectivity index (χ0) is 19.0. The Bertz CT molecular complexity index is 801. The molecule has 0 fully saturated rings. The molecule has 5 nitrogen and oxygen atoms in total. The smallest absolute Gasteiger partial charge is 0.405 e. The van der Waals surface area contributed by atoms with Gasteiger partial charge in [-0.3, -0.25) is 4.79 Å². The molecule has 0 radical (unpaired) electrons. The Labute approximate surface area is 148 Å². The number of carbonyl (C=O) groups excluding carboxylic acids is 1. The first-order valence-corrected chi connectivity index (χ1v) is 7.65. The molecule has 2 rings (SSSR count). The number of benzene rings is 2. The molecule has 0 saturated heterocycles. The van der Waals surface area contributed by atoms with Gasteiger partial charge in [-0.1, -0.05) is 18.2 Å². The lowest BCUT2D eigenvalue weighted by atomic mass is 10.1. The Morgan fingerprint density at radius 2 is 1.92 bits per heavy atom. The average molecular weight is 363 g/mol. The molecule has 0 atom stereocenters. The molecule has 0 heterocycles. The molecule has 8 heteroatoms. The van der Waals surface area contributed by atoms with E-state index in [1.165, 1.54) is 0 Å². The van der Waals surface area contributed by atoms with Crippen LogP contribution in [-0.4, -0.2) is 25.2 Å². The predicted octanol–water partition coefficient (Wildman–Crippen LogP) is 3.23. The first kappa shape index (κ1) is 19.1. The van der Waals surface area contributed by atoms with Crippen LogP contribution in [0, 0.1) is 11.3 Å². The van der Waals surface area contributed by atoms with Gasteiger partial charge in [-0.05, 0) is 29.8 Å². The van der Waals surface area contributed by atoms with Gasteiger partial charge in [-0.2, -0.15) is 18.4 Å². The number of amides is 1. The van der Waals surface area contributed by atoms with Crippen LogP contribution in [0.1, 0.15) is 11.1 Å². The summed E-state index contributed by atoms with van der Waals surface area (Å²) in [6, 6.07) is 15.7. The second-order valence-corrected chi connectivity index (χ2v) is 5.37. The molecular formula is C18H16F3N3O2. The maximum Gasteiger partial charge on any atom is 0.405 e. The van der Waals surface area contributed by atoms with Crippen molar-refractivity contribution < 1.29 is 22.7 Å². The largest absolute Gasteiger partial charge is 0.489 e. The fourth-order valence-electron chi connectivity index (χ4n) is 2.04. The number of ether oxygens (including phenoxy) is 1. The summed E-state index contributed by atoms with van der Waals surface area (Å²) in [4.78, 5) is 11.4. The minimum Gasteiger partial charge on any atom is -0.489 e. The molecule has 0 spiro atoms. The summed E-state index contributed by atoms with van der Waals surface area (Å²) in [5, 5.41) is 13.4. The average Bonchev–Trinajstić information content (AvgIpc) is 2.63. The number of carbonyl (C=O) groups is 1. The fraction of sp³-hybridized carbons (Fsp3) is 0.222. The van der Waals surface area contributed by atoms with Crippen LogP contribution in [-0.2, 0) is 11.4 Å². The van der Waals surface area contributed by atoms with Crippen molar-refractivity contribution >= 4 is 11.6 Å². The minimum atomic E-state index is -4.44. The highest BCUT2D eigenvalue weighted by molar-refractivity contribution is 5.80. The van der Waals surface area contributed by atoms with Crippen LogP contribution in [0.3, 0.4) is 0 Å². The summed E-state index contributed by atoms with van der Waals surface area (Å²) in [7, 11) is 0. The number of rotatable bonds is 7. The van der Waals surface area contributed by atoms with Gasteiger partial charge in [0.15, 0.2) is 0 Å². The molecule has 136 valence electrons. The third-order valence-electron chi connectivity index (χ3n) is 3.23. The normalized spacial score (nSPS) is 10.7. The second kappa shape index (κ2) is 8.76. The molecule has 1 amide bonds. The van der Waals surface area contributed by atoms with Gasteiger partial charge < -0.3 is 15.4 Å². The predicted molar refractivity (Wildman–Crippen MR) is 89.5 cm³/mol. The minimum absolute atomic E-state index is 0.255. The van der Waals surface area contributed by atoms with Crippen molar-refractivity contribution in [2.24, 2.45) is 0 Å². The van der Waals surface area contributed by atoms with Gasteiger partial charge in [0.25, 0.3) is 0 Å². The molecule has 0 saturated carbocycles. The zero-order valence-corrected chi connectivity index (χ0v) is 13.6. The maximum atomic E-state index is 12.0. The Hall–Kier alpha value is -3.21. The summed E-state index contributed by atoms with van der Waals surface area (Å²) < 4.78 is 41.7. The van der Waals surface area contributed by atoms with Crippen molar-refractivity contribution in [2.45, 2.75) is 12.8 Å². The monoisotopic (exact) mass is 363 g/mol. The van der Waals surface area contributed by atoms with E-state index in [1.54, 1.807) is 47.8 Å². The summed E-state index contributed by atoms with van der Waals surface area (Å²) in [5.74, 6) is -0.241. The number of anilines is 1. The molecule has 2 N–H and O–H groups in total. The molecule has 26 heavy (non-hydrogen) atoms. The Morgan fingerprint density at radius 1 is 1.15 bits per heavy atom. The van der Waals surface area contributed by atoms with Gasteiger partial charge in [0.05, 0.1) is 18.2 Å². The van der Waals surface area contributed by atoms with Gasteiger partial charge in [0.1, 0.15) is 18.9 Å². The van der Waals surface area contributed by atoms with E-state index < -0.39 is 18.6 Å². The number of hydrogen-bond acceptors (Lipinski definition) is 4. The number of nitriles is 1. The van der Waals surface area contributed by atoms with Crippen molar-refractivity contribution in [3.63, 3.8) is 0 Å². The van der Waals surface area contributed by atoms with Crippen LogP contribution >= 0.6 is 0 Å². The zero-order valence-electron chi connectivity index (χ0n) is 13.6. The van der Waals surface area contributed by atoms with Crippen LogP contribution in [0.2, 0.25) is 0 Å². The van der Waals surface area contributed by atoms with E-state index in [4.69, 9.17) is 10.00 Å². The van der Waals surface area contributed by atoms with Crippen LogP contribution < -0.4 is 15.4 Å². The SMILES string of the molecule is N#Cc1cccc(COc2cccc(NCC(=O)NCC(F)(F)F)c2)c1. The Kier molecular flexibility index (Phi) is 6.44. The molecule has 0 bridgehead atoms. The van der Waals surface area contributed by atoms with Gasteiger partial charge in [-0.25, -0.2) is 0 Å². The van der Waals surface area contributed by atoms with E-state index in [1.807, 2.05) is 12.1 Å². The molecule has 0 unspecified atom stereocenters. The van der Waals surface area contributed by atoms with Gasteiger partial charge in [0.2, 0.25) is 5.91 Å². The summed E-state index contributed by atoms with van der Waals surface area (Å²) in [6.45, 7) is -1.40. The van der Waals surface area contributed by atoms with Gasteiger partial charge in [0, 0.05) is 11.8 Å². The number of halogens is 3. The van der Waals surface area contributed by atoms with E-state index in [9.17, 15) is 18.0 Å². The third-order valence-corrected chi connectivity index (χ3v) is 3.23. The van der Waals surface area contributed by atoms with Crippen LogP contribution in [0.15, 0.2) is 48.5 Å². The Morgan fingerprint density at radius 3 is 2.65 bits per heavy atom. The lowest BCUT2D eigenvalue weighted by molar-refractivity contribution is -0.137. The van der Waals surface area contributed by atoms with Gasteiger partial charge in [-0.15, -0.1) is 0 Å². The Balaban J connectivity index is 1.85. The molecular weight excluding hydrogens is 347 g/mol. The standard InChI is InChI=1S/C18H16F3N3O2/c19-18(20,21)12-24-17(25)10-23-15-5-2-6-16(8-15)26-11-14-4-1-3-13(7-14)9-22/h1-8,23H,10-12H2,(H,24,25). The third kappa shape index (κ3) is 6.73. The van der Waals surface area contributed by atoms with Gasteiger partial charge >= 0.3 is 6.18 Å². The van der Waals surface area contributed by atoms with Crippen molar-refractivity contribution in [3.05, 3.63) is 59.7 Å². The lowest BCUT2D eigenvalue weighted by Gasteiger charge is -2.11. The van der Waals surface area contributed by atoms with E-state index in [0.29, 0.717) is 17.0 Å². The fourth-order valence-corrected chi connectivity index (χ4v) is 2.04. The number of nitrogens with one attached hydrogen (secondary N) is 2.